The van der Waals surface area contributed by atoms with Crippen molar-refractivity contribution in [3.05, 3.63) is 59.7 Å². The molecule has 6 unspecified atom stereocenters. The van der Waals surface area contributed by atoms with Crippen LogP contribution >= 0.6 is 0 Å². The van der Waals surface area contributed by atoms with Crippen molar-refractivity contribution in [2.75, 3.05) is 0 Å². The summed E-state index contributed by atoms with van der Waals surface area (Å²) < 4.78 is 10.4. The van der Waals surface area contributed by atoms with Crippen molar-refractivity contribution in [3.63, 3.8) is 0 Å². The van der Waals surface area contributed by atoms with E-state index in [-0.39, 0.29) is 24.3 Å². The summed E-state index contributed by atoms with van der Waals surface area (Å²) in [5.74, 6) is -1.69. The average Bonchev–Trinajstić information content (AvgIpc) is 2.76. The number of carbonyl (C=O) groups is 2. The minimum Gasteiger partial charge on any atom is -0.508 e. The quantitative estimate of drug-likeness (QED) is 0.306. The molecule has 172 valence electrons. The van der Waals surface area contributed by atoms with Crippen LogP contribution in [0.5, 0.6) is 11.5 Å². The number of aliphatic hydroxyl groups is 4. The summed E-state index contributed by atoms with van der Waals surface area (Å²) in [5.41, 5.74) is 0.972. The molecular weight excluding hydrogens is 424 g/mol. The molecule has 1 saturated carbocycles. The van der Waals surface area contributed by atoms with Crippen LogP contribution in [0.1, 0.15) is 11.1 Å². The fourth-order valence-electron chi connectivity index (χ4n) is 3.40. The van der Waals surface area contributed by atoms with E-state index in [0.29, 0.717) is 11.1 Å². The zero-order valence-electron chi connectivity index (χ0n) is 16.8. The molecule has 0 amide bonds. The van der Waals surface area contributed by atoms with Crippen LogP contribution in [0.25, 0.3) is 0 Å². The summed E-state index contributed by atoms with van der Waals surface area (Å²) in [7, 11) is 0. The van der Waals surface area contributed by atoms with Crippen molar-refractivity contribution in [3.8, 4) is 11.5 Å². The van der Waals surface area contributed by atoms with Gasteiger partial charge in [-0.2, -0.15) is 0 Å². The summed E-state index contributed by atoms with van der Waals surface area (Å²) in [6.07, 6.45) is -11.1. The number of phenolic OH excluding ortho intramolecular Hbond substituents is 2. The van der Waals surface area contributed by atoms with Crippen LogP contribution in [-0.4, -0.2) is 79.2 Å². The molecule has 32 heavy (non-hydrogen) atoms. The van der Waals surface area contributed by atoms with Crippen molar-refractivity contribution in [2.24, 2.45) is 0 Å². The van der Waals surface area contributed by atoms with E-state index < -0.39 is 48.6 Å². The Labute approximate surface area is 182 Å². The summed E-state index contributed by atoms with van der Waals surface area (Å²) in [6.45, 7) is 0. The van der Waals surface area contributed by atoms with Gasteiger partial charge in [-0.3, -0.25) is 9.59 Å². The normalized spacial score (nSPS) is 27.5. The second-order valence-corrected chi connectivity index (χ2v) is 7.56. The van der Waals surface area contributed by atoms with E-state index >= 15 is 0 Å². The molecule has 1 aliphatic rings. The lowest BCUT2D eigenvalue weighted by Crippen LogP contribution is -2.65. The second-order valence-electron chi connectivity index (χ2n) is 7.56. The summed E-state index contributed by atoms with van der Waals surface area (Å²) >= 11 is 0. The van der Waals surface area contributed by atoms with E-state index in [2.05, 4.69) is 0 Å². The summed E-state index contributed by atoms with van der Waals surface area (Å²) in [5, 5.41) is 59.3. The molecule has 6 N–H and O–H groups in total. The van der Waals surface area contributed by atoms with Gasteiger partial charge in [0.25, 0.3) is 0 Å². The standard InChI is InChI=1S/C22H24O10/c23-13-5-1-11(2-6-13)9-15(25)31-21-19(29)17(27)18(28)20(30)22(21)32-16(26)10-12-3-7-14(24)8-4-12/h1-8,17-24,27-30H,9-10H2. The Hall–Kier alpha value is -3.18. The van der Waals surface area contributed by atoms with Gasteiger partial charge in [-0.15, -0.1) is 0 Å². The van der Waals surface area contributed by atoms with E-state index in [9.17, 15) is 40.2 Å². The molecule has 1 fully saturated rings. The topological polar surface area (TPSA) is 174 Å². The van der Waals surface area contributed by atoms with Crippen LogP contribution < -0.4 is 0 Å². The van der Waals surface area contributed by atoms with Crippen LogP contribution in [-0.2, 0) is 31.9 Å². The van der Waals surface area contributed by atoms with E-state index in [1.807, 2.05) is 0 Å². The number of benzene rings is 2. The first-order chi connectivity index (χ1) is 15.2. The van der Waals surface area contributed by atoms with Crippen molar-refractivity contribution in [2.45, 2.75) is 49.5 Å². The molecule has 10 heteroatoms. The molecule has 0 saturated heterocycles. The van der Waals surface area contributed by atoms with Gasteiger partial charge < -0.3 is 40.1 Å². The predicted octanol–water partition coefficient (Wildman–Crippen LogP) is -0.836. The monoisotopic (exact) mass is 448 g/mol. The molecule has 0 spiro atoms. The summed E-state index contributed by atoms with van der Waals surface area (Å²) in [4.78, 5) is 24.7. The molecule has 2 aromatic carbocycles. The van der Waals surface area contributed by atoms with Gasteiger partial charge in [-0.05, 0) is 35.4 Å². The molecule has 0 heterocycles. The largest absolute Gasteiger partial charge is 0.508 e. The lowest BCUT2D eigenvalue weighted by molar-refractivity contribution is -0.241. The van der Waals surface area contributed by atoms with Gasteiger partial charge in [0.15, 0.2) is 12.2 Å². The van der Waals surface area contributed by atoms with Crippen LogP contribution in [0.4, 0.5) is 0 Å². The maximum Gasteiger partial charge on any atom is 0.310 e. The van der Waals surface area contributed by atoms with Gasteiger partial charge in [0.05, 0.1) is 12.8 Å². The molecule has 1 aliphatic carbocycles. The maximum atomic E-state index is 12.4. The van der Waals surface area contributed by atoms with Gasteiger partial charge >= 0.3 is 11.9 Å². The van der Waals surface area contributed by atoms with Crippen molar-refractivity contribution in [1.82, 2.24) is 0 Å². The average molecular weight is 448 g/mol. The fraction of sp³-hybridized carbons (Fsp3) is 0.364. The lowest BCUT2D eigenvalue weighted by Gasteiger charge is -2.42. The Bertz CT molecular complexity index is 849. The highest BCUT2D eigenvalue weighted by molar-refractivity contribution is 5.74. The van der Waals surface area contributed by atoms with Gasteiger partial charge in [-0.25, -0.2) is 0 Å². The molecule has 0 bridgehead atoms. The van der Waals surface area contributed by atoms with Crippen molar-refractivity contribution >= 4 is 11.9 Å². The lowest BCUT2D eigenvalue weighted by atomic mass is 9.84. The highest BCUT2D eigenvalue weighted by Crippen LogP contribution is 2.27. The zero-order chi connectivity index (χ0) is 23.4. The van der Waals surface area contributed by atoms with Crippen LogP contribution in [0, 0.1) is 0 Å². The Kier molecular flexibility index (Phi) is 7.31. The number of esters is 2. The van der Waals surface area contributed by atoms with Gasteiger partial charge in [-0.1, -0.05) is 24.3 Å². The number of phenols is 2. The molecule has 2 aromatic rings. The van der Waals surface area contributed by atoms with Crippen molar-refractivity contribution in [1.29, 1.82) is 0 Å². The minimum atomic E-state index is -1.84. The first-order valence-corrected chi connectivity index (χ1v) is 9.82. The maximum absolute atomic E-state index is 12.4. The molecule has 3 rings (SSSR count). The van der Waals surface area contributed by atoms with Gasteiger partial charge in [0, 0.05) is 0 Å². The Morgan fingerprint density at radius 2 is 0.906 bits per heavy atom. The third kappa shape index (κ3) is 5.54. The molecule has 0 aliphatic heterocycles. The Morgan fingerprint density at radius 1 is 0.594 bits per heavy atom. The van der Waals surface area contributed by atoms with Gasteiger partial charge in [0.2, 0.25) is 0 Å². The molecular formula is C22H24O10. The third-order valence-corrected chi connectivity index (χ3v) is 5.15. The van der Waals surface area contributed by atoms with E-state index in [4.69, 9.17) is 9.47 Å². The fourth-order valence-corrected chi connectivity index (χ4v) is 3.40. The van der Waals surface area contributed by atoms with Crippen LogP contribution in [0.2, 0.25) is 0 Å². The third-order valence-electron chi connectivity index (χ3n) is 5.15. The Balaban J connectivity index is 1.72. The number of hydrogen-bond acceptors (Lipinski definition) is 10. The molecule has 10 nitrogen and oxygen atoms in total. The van der Waals surface area contributed by atoms with E-state index in [1.54, 1.807) is 0 Å². The zero-order valence-corrected chi connectivity index (χ0v) is 16.8. The van der Waals surface area contributed by atoms with E-state index in [0.717, 1.165) is 0 Å². The number of ether oxygens (including phenoxy) is 2. The number of aromatic hydroxyl groups is 2. The minimum absolute atomic E-state index is 0.00524. The predicted molar refractivity (Wildman–Crippen MR) is 107 cm³/mol. The van der Waals surface area contributed by atoms with Crippen LogP contribution in [0.15, 0.2) is 48.5 Å². The highest BCUT2D eigenvalue weighted by Gasteiger charge is 2.52. The molecule has 0 aromatic heterocycles. The number of aliphatic hydroxyl groups excluding tert-OH is 4. The van der Waals surface area contributed by atoms with Gasteiger partial charge in [0.1, 0.15) is 35.9 Å². The summed E-state index contributed by atoms with van der Waals surface area (Å²) in [6, 6.07) is 11.4. The van der Waals surface area contributed by atoms with Crippen LogP contribution in [0.3, 0.4) is 0 Å². The van der Waals surface area contributed by atoms with E-state index in [1.165, 1.54) is 48.5 Å². The van der Waals surface area contributed by atoms with Crippen molar-refractivity contribution < 1.29 is 49.7 Å². The Morgan fingerprint density at radius 3 is 1.22 bits per heavy atom. The highest BCUT2D eigenvalue weighted by atomic mass is 16.6. The first-order valence-electron chi connectivity index (χ1n) is 9.82. The number of rotatable bonds is 6. The first kappa shape index (κ1) is 23.5. The SMILES string of the molecule is O=C(Cc1ccc(O)cc1)OC1C(O)C(O)C(O)C(O)C1OC(=O)Cc1ccc(O)cc1. The number of hydrogen-bond donors (Lipinski definition) is 6. The molecule has 6 atom stereocenters. The smallest absolute Gasteiger partial charge is 0.310 e. The molecule has 0 radical (unpaired) electrons. The second kappa shape index (κ2) is 9.96. The number of carbonyl (C=O) groups excluding carboxylic acids is 2.